The van der Waals surface area contributed by atoms with Crippen molar-refractivity contribution in [1.82, 2.24) is 19.7 Å². The van der Waals surface area contributed by atoms with Crippen molar-refractivity contribution < 1.29 is 8.42 Å². The predicted octanol–water partition coefficient (Wildman–Crippen LogP) is 4.40. The van der Waals surface area contributed by atoms with E-state index in [0.29, 0.717) is 16.4 Å². The molecule has 1 aromatic carbocycles. The first kappa shape index (κ1) is 20.2. The largest absolute Gasteiger partial charge is 0.264 e. The first-order chi connectivity index (χ1) is 14.1. The normalized spacial score (nSPS) is 12.4. The zero-order valence-corrected chi connectivity index (χ0v) is 18.3. The van der Waals surface area contributed by atoms with Gasteiger partial charge in [0.25, 0.3) is 0 Å². The fourth-order valence-electron chi connectivity index (χ4n) is 3.45. The van der Waals surface area contributed by atoms with Gasteiger partial charge in [0.05, 0.1) is 22.0 Å². The van der Waals surface area contributed by atoms with Crippen LogP contribution in [0.15, 0.2) is 66.0 Å². The van der Waals surface area contributed by atoms with Gasteiger partial charge in [-0.2, -0.15) is 5.10 Å². The van der Waals surface area contributed by atoms with Gasteiger partial charge < -0.3 is 0 Å². The maximum absolute atomic E-state index is 13.1. The van der Waals surface area contributed by atoms with E-state index in [-0.39, 0.29) is 11.2 Å². The second-order valence-corrected chi connectivity index (χ2v) is 10.4. The van der Waals surface area contributed by atoms with Crippen LogP contribution in [0.25, 0.3) is 16.6 Å². The van der Waals surface area contributed by atoms with Gasteiger partial charge in [-0.1, -0.05) is 32.9 Å². The number of aryl methyl sites for hydroxylation is 1. The Morgan fingerprint density at radius 2 is 1.73 bits per heavy atom. The molecule has 0 unspecified atom stereocenters. The summed E-state index contributed by atoms with van der Waals surface area (Å²) in [5.74, 6) is 0.433. The smallest absolute Gasteiger partial charge is 0.184 e. The number of rotatable bonds is 4. The number of aromatic nitrogens is 4. The van der Waals surface area contributed by atoms with E-state index in [1.165, 1.54) is 0 Å². The Morgan fingerprint density at radius 1 is 1.00 bits per heavy atom. The van der Waals surface area contributed by atoms with Gasteiger partial charge in [0, 0.05) is 29.4 Å². The highest BCUT2D eigenvalue weighted by molar-refractivity contribution is 7.90. The molecule has 4 aromatic rings. The lowest BCUT2D eigenvalue weighted by molar-refractivity contribution is 0.585. The number of hydrogen-bond acceptors (Lipinski definition) is 5. The van der Waals surface area contributed by atoms with E-state index in [9.17, 15) is 8.42 Å². The molecule has 0 aliphatic heterocycles. The molecule has 7 heteroatoms. The molecule has 0 saturated carbocycles. The van der Waals surface area contributed by atoms with E-state index in [1.54, 1.807) is 41.5 Å². The summed E-state index contributed by atoms with van der Waals surface area (Å²) in [5, 5.41) is 6.31. The van der Waals surface area contributed by atoms with Crippen molar-refractivity contribution in [3.05, 3.63) is 78.0 Å². The second-order valence-electron chi connectivity index (χ2n) is 8.45. The molecule has 0 aliphatic rings. The number of pyridine rings is 2. The summed E-state index contributed by atoms with van der Waals surface area (Å²) in [7, 11) is -3.55. The van der Waals surface area contributed by atoms with Gasteiger partial charge in [0.2, 0.25) is 0 Å². The molecule has 154 valence electrons. The molecule has 0 fully saturated rings. The maximum Gasteiger partial charge on any atom is 0.184 e. The van der Waals surface area contributed by atoms with Gasteiger partial charge in [-0.05, 0) is 48.2 Å². The first-order valence-electron chi connectivity index (χ1n) is 9.73. The highest BCUT2D eigenvalue weighted by Gasteiger charge is 2.22. The lowest BCUT2D eigenvalue weighted by Gasteiger charge is -2.19. The van der Waals surface area contributed by atoms with Gasteiger partial charge in [-0.3, -0.25) is 4.98 Å². The molecule has 0 amide bonds. The van der Waals surface area contributed by atoms with Crippen LogP contribution in [0.4, 0.5) is 0 Å². The van der Waals surface area contributed by atoms with Crippen LogP contribution in [0.3, 0.4) is 0 Å². The lowest BCUT2D eigenvalue weighted by atomic mass is 9.87. The molecular formula is C23H24N4O2S. The van der Waals surface area contributed by atoms with E-state index < -0.39 is 9.84 Å². The van der Waals surface area contributed by atoms with Crippen LogP contribution in [-0.4, -0.2) is 28.2 Å². The average Bonchev–Trinajstić information content (AvgIpc) is 3.06. The first-order valence-corrected chi connectivity index (χ1v) is 11.4. The van der Waals surface area contributed by atoms with Crippen molar-refractivity contribution in [2.75, 3.05) is 0 Å². The summed E-state index contributed by atoms with van der Waals surface area (Å²) in [5.41, 5.74) is 2.36. The third-order valence-electron chi connectivity index (χ3n) is 5.07. The predicted molar refractivity (Wildman–Crippen MR) is 117 cm³/mol. The molecule has 30 heavy (non-hydrogen) atoms. The Bertz CT molecular complexity index is 1310. The summed E-state index contributed by atoms with van der Waals surface area (Å²) in [6.07, 6.45) is 5.13. The molecule has 0 atom stereocenters. The fourth-order valence-corrected chi connectivity index (χ4v) is 4.76. The highest BCUT2D eigenvalue weighted by Crippen LogP contribution is 2.26. The van der Waals surface area contributed by atoms with E-state index in [0.717, 1.165) is 22.0 Å². The monoisotopic (exact) mass is 420 g/mol. The third kappa shape index (κ3) is 3.85. The van der Waals surface area contributed by atoms with Crippen LogP contribution < -0.4 is 0 Å². The van der Waals surface area contributed by atoms with E-state index in [4.69, 9.17) is 0 Å². The Balaban J connectivity index is 1.74. The fraction of sp³-hybridized carbons (Fsp3) is 0.261. The molecule has 3 heterocycles. The van der Waals surface area contributed by atoms with Crippen LogP contribution in [-0.2, 0) is 21.0 Å². The average molecular weight is 421 g/mol. The van der Waals surface area contributed by atoms with Crippen molar-refractivity contribution in [2.24, 2.45) is 0 Å². The van der Waals surface area contributed by atoms with E-state index >= 15 is 0 Å². The summed E-state index contributed by atoms with van der Waals surface area (Å²) in [6.45, 7) is 8.15. The van der Waals surface area contributed by atoms with Gasteiger partial charge in [-0.25, -0.2) is 18.1 Å². The van der Waals surface area contributed by atoms with Crippen LogP contribution in [0.1, 0.15) is 37.7 Å². The standard InChI is InChI=1S/C23H24N4O2S/c1-16-13-19(15-30(28,29)20-7-5-18(6-8-20)23(2,3)4)27(26-16)22-21-10-11-24-14-17(21)9-12-25-22/h5-14H,15H2,1-4H3. The number of hydrogen-bond donors (Lipinski definition) is 0. The van der Waals surface area contributed by atoms with Crippen LogP contribution in [0.5, 0.6) is 0 Å². The van der Waals surface area contributed by atoms with Gasteiger partial charge >= 0.3 is 0 Å². The number of sulfone groups is 1. The Labute approximate surface area is 176 Å². The minimum absolute atomic E-state index is 0.0348. The molecule has 3 aromatic heterocycles. The molecule has 6 nitrogen and oxygen atoms in total. The van der Waals surface area contributed by atoms with E-state index in [2.05, 4.69) is 35.8 Å². The molecular weight excluding hydrogens is 396 g/mol. The second kappa shape index (κ2) is 7.32. The summed E-state index contributed by atoms with van der Waals surface area (Å²) >= 11 is 0. The van der Waals surface area contributed by atoms with Crippen molar-refractivity contribution in [1.29, 1.82) is 0 Å². The molecule has 4 rings (SSSR count). The number of fused-ring (bicyclic) bond motifs is 1. The van der Waals surface area contributed by atoms with Crippen molar-refractivity contribution >= 4 is 20.6 Å². The Kier molecular flexibility index (Phi) is 4.94. The highest BCUT2D eigenvalue weighted by atomic mass is 32.2. The molecule has 0 radical (unpaired) electrons. The van der Waals surface area contributed by atoms with Crippen LogP contribution in [0, 0.1) is 6.92 Å². The topological polar surface area (TPSA) is 77.7 Å². The lowest BCUT2D eigenvalue weighted by Crippen LogP contribution is -2.13. The van der Waals surface area contributed by atoms with Gasteiger partial charge in [-0.15, -0.1) is 0 Å². The van der Waals surface area contributed by atoms with Crippen molar-refractivity contribution in [2.45, 2.75) is 43.8 Å². The minimum Gasteiger partial charge on any atom is -0.264 e. The summed E-state index contributed by atoms with van der Waals surface area (Å²) in [4.78, 5) is 8.92. The zero-order valence-electron chi connectivity index (χ0n) is 17.5. The maximum atomic E-state index is 13.1. The summed E-state index contributed by atoms with van der Waals surface area (Å²) in [6, 6.07) is 12.7. The minimum atomic E-state index is -3.55. The number of nitrogens with zero attached hydrogens (tertiary/aromatic N) is 4. The summed E-state index contributed by atoms with van der Waals surface area (Å²) < 4.78 is 27.9. The Hall–Kier alpha value is -3.06. The van der Waals surface area contributed by atoms with Crippen LogP contribution in [0.2, 0.25) is 0 Å². The van der Waals surface area contributed by atoms with Gasteiger partial charge in [0.15, 0.2) is 15.7 Å². The Morgan fingerprint density at radius 3 is 2.43 bits per heavy atom. The van der Waals surface area contributed by atoms with Crippen LogP contribution >= 0.6 is 0 Å². The van der Waals surface area contributed by atoms with Crippen molar-refractivity contribution in [3.63, 3.8) is 0 Å². The molecule has 0 bridgehead atoms. The van der Waals surface area contributed by atoms with Crippen molar-refractivity contribution in [3.8, 4) is 5.82 Å². The molecule has 0 spiro atoms. The molecule has 0 N–H and O–H groups in total. The molecule has 0 aliphatic carbocycles. The van der Waals surface area contributed by atoms with E-state index in [1.807, 2.05) is 31.2 Å². The van der Waals surface area contributed by atoms with Gasteiger partial charge in [0.1, 0.15) is 0 Å². The zero-order chi connectivity index (χ0) is 21.5. The molecule has 0 saturated heterocycles. The number of benzene rings is 1. The SMILES string of the molecule is Cc1cc(CS(=O)(=O)c2ccc(C(C)(C)C)cc2)n(-c2nccc3cnccc23)n1. The third-order valence-corrected chi connectivity index (χ3v) is 6.73. The quantitative estimate of drug-likeness (QED) is 0.489.